The van der Waals surface area contributed by atoms with E-state index in [-0.39, 0.29) is 12.2 Å². The van der Waals surface area contributed by atoms with Gasteiger partial charge in [0.15, 0.2) is 0 Å². The van der Waals surface area contributed by atoms with Gasteiger partial charge in [-0.1, -0.05) is 44.9 Å². The molecule has 1 aliphatic carbocycles. The summed E-state index contributed by atoms with van der Waals surface area (Å²) in [5.74, 6) is 0. The van der Waals surface area contributed by atoms with Gasteiger partial charge >= 0.3 is 0 Å². The number of methoxy groups -OCH3 is 1. The average Bonchev–Trinajstić information content (AvgIpc) is 2.22. The van der Waals surface area contributed by atoms with Gasteiger partial charge in [-0.15, -0.1) is 0 Å². The fraction of sp³-hybridized carbons (Fsp3) is 1.00. The Morgan fingerprint density at radius 2 is 1.40 bits per heavy atom. The number of hydrogen-bond acceptors (Lipinski definition) is 2. The minimum Gasteiger partial charge on any atom is -0.393 e. The summed E-state index contributed by atoms with van der Waals surface area (Å²) in [6, 6.07) is 0. The summed E-state index contributed by atoms with van der Waals surface area (Å²) in [7, 11) is 1.77. The van der Waals surface area contributed by atoms with E-state index < -0.39 is 0 Å². The van der Waals surface area contributed by atoms with E-state index in [1.165, 1.54) is 44.9 Å². The van der Waals surface area contributed by atoms with Crippen LogP contribution in [0.4, 0.5) is 0 Å². The Hall–Kier alpha value is -0.0800. The zero-order chi connectivity index (χ0) is 10.9. The fourth-order valence-corrected chi connectivity index (χ4v) is 2.39. The Morgan fingerprint density at radius 1 is 0.867 bits per heavy atom. The Morgan fingerprint density at radius 3 is 2.00 bits per heavy atom. The molecule has 1 rings (SSSR count). The van der Waals surface area contributed by atoms with Gasteiger partial charge in [-0.3, -0.25) is 0 Å². The van der Waals surface area contributed by atoms with E-state index in [4.69, 9.17) is 4.74 Å². The summed E-state index contributed by atoms with van der Waals surface area (Å²) in [5.41, 5.74) is 0. The van der Waals surface area contributed by atoms with E-state index >= 15 is 0 Å². The Bertz CT molecular complexity index is 147. The summed E-state index contributed by atoms with van der Waals surface area (Å²) < 4.78 is 5.41. The van der Waals surface area contributed by atoms with Crippen molar-refractivity contribution in [2.75, 3.05) is 7.11 Å². The summed E-state index contributed by atoms with van der Waals surface area (Å²) in [4.78, 5) is 0. The molecule has 15 heavy (non-hydrogen) atoms. The first-order valence-electron chi connectivity index (χ1n) is 6.54. The third-order valence-electron chi connectivity index (χ3n) is 3.43. The van der Waals surface area contributed by atoms with Crippen molar-refractivity contribution >= 4 is 0 Å². The van der Waals surface area contributed by atoms with Crippen LogP contribution in [0, 0.1) is 0 Å². The first-order chi connectivity index (χ1) is 7.33. The van der Waals surface area contributed by atoms with Crippen LogP contribution in [0.15, 0.2) is 0 Å². The smallest absolute Gasteiger partial charge is 0.0596 e. The van der Waals surface area contributed by atoms with E-state index in [2.05, 4.69) is 0 Å². The molecule has 1 fully saturated rings. The Balaban J connectivity index is 2.29. The second-order valence-corrected chi connectivity index (χ2v) is 4.80. The molecule has 0 heterocycles. The second-order valence-electron chi connectivity index (χ2n) is 4.80. The molecule has 0 aliphatic heterocycles. The lowest BCUT2D eigenvalue weighted by Crippen LogP contribution is -2.20. The van der Waals surface area contributed by atoms with Crippen molar-refractivity contribution in [1.29, 1.82) is 0 Å². The number of ether oxygens (including phenoxy) is 1. The van der Waals surface area contributed by atoms with Crippen LogP contribution in [-0.2, 0) is 4.74 Å². The van der Waals surface area contributed by atoms with Gasteiger partial charge < -0.3 is 9.84 Å². The van der Waals surface area contributed by atoms with Crippen LogP contribution in [-0.4, -0.2) is 24.4 Å². The minimum absolute atomic E-state index is 0.144. The molecule has 0 amide bonds. The fourth-order valence-electron chi connectivity index (χ4n) is 2.39. The average molecular weight is 214 g/mol. The van der Waals surface area contributed by atoms with E-state index in [0.717, 1.165) is 19.3 Å². The van der Waals surface area contributed by atoms with Crippen LogP contribution < -0.4 is 0 Å². The van der Waals surface area contributed by atoms with Crippen LogP contribution in [0.3, 0.4) is 0 Å². The van der Waals surface area contributed by atoms with Gasteiger partial charge in [0, 0.05) is 7.11 Å². The lowest BCUT2D eigenvalue weighted by molar-refractivity contribution is 0.0346. The quantitative estimate of drug-likeness (QED) is 0.726. The molecule has 90 valence electrons. The summed E-state index contributed by atoms with van der Waals surface area (Å²) >= 11 is 0. The molecule has 0 aromatic carbocycles. The largest absolute Gasteiger partial charge is 0.393 e. The number of aliphatic hydroxyl groups is 1. The van der Waals surface area contributed by atoms with Crippen molar-refractivity contribution in [3.63, 3.8) is 0 Å². The maximum Gasteiger partial charge on any atom is 0.0596 e. The summed E-state index contributed by atoms with van der Waals surface area (Å²) in [6.45, 7) is 0. The minimum atomic E-state index is -0.144. The lowest BCUT2D eigenvalue weighted by atomic mass is 9.98. The van der Waals surface area contributed by atoms with E-state index in [1.54, 1.807) is 7.11 Å². The highest BCUT2D eigenvalue weighted by atomic mass is 16.5. The zero-order valence-corrected chi connectivity index (χ0v) is 10.1. The highest BCUT2D eigenvalue weighted by molar-refractivity contribution is 4.66. The summed E-state index contributed by atoms with van der Waals surface area (Å²) in [5, 5.41) is 9.81. The third kappa shape index (κ3) is 6.16. The first kappa shape index (κ1) is 13.0. The molecule has 1 saturated carbocycles. The molecule has 1 aliphatic rings. The molecule has 0 aromatic heterocycles. The van der Waals surface area contributed by atoms with Crippen LogP contribution >= 0.6 is 0 Å². The van der Waals surface area contributed by atoms with Gasteiger partial charge in [-0.05, 0) is 19.3 Å². The molecule has 1 N–H and O–H groups in total. The molecule has 2 atom stereocenters. The van der Waals surface area contributed by atoms with Crippen molar-refractivity contribution in [2.45, 2.75) is 76.4 Å². The molecule has 0 saturated heterocycles. The monoisotopic (exact) mass is 214 g/mol. The van der Waals surface area contributed by atoms with Crippen LogP contribution in [0.2, 0.25) is 0 Å². The number of aliphatic hydroxyl groups excluding tert-OH is 1. The van der Waals surface area contributed by atoms with Crippen molar-refractivity contribution in [1.82, 2.24) is 0 Å². The van der Waals surface area contributed by atoms with Crippen LogP contribution in [0.5, 0.6) is 0 Å². The molecule has 2 unspecified atom stereocenters. The van der Waals surface area contributed by atoms with E-state index in [0.29, 0.717) is 0 Å². The molecular weight excluding hydrogens is 188 g/mol. The Kier molecular flexibility index (Phi) is 7.03. The SMILES string of the molecule is COC1CCCCCCCCCC(O)C1. The van der Waals surface area contributed by atoms with Crippen LogP contribution in [0.25, 0.3) is 0 Å². The predicted molar refractivity (Wildman–Crippen MR) is 63.0 cm³/mol. The van der Waals surface area contributed by atoms with Crippen molar-refractivity contribution < 1.29 is 9.84 Å². The number of hydrogen-bond donors (Lipinski definition) is 1. The Labute approximate surface area is 94.0 Å². The molecule has 0 spiro atoms. The normalized spacial score (nSPS) is 31.6. The highest BCUT2D eigenvalue weighted by Gasteiger charge is 2.14. The molecule has 2 nitrogen and oxygen atoms in total. The molecule has 2 heteroatoms. The molecule has 0 radical (unpaired) electrons. The maximum atomic E-state index is 9.81. The zero-order valence-electron chi connectivity index (χ0n) is 10.1. The van der Waals surface area contributed by atoms with Crippen molar-refractivity contribution in [3.05, 3.63) is 0 Å². The molecule has 0 bridgehead atoms. The number of rotatable bonds is 1. The maximum absolute atomic E-state index is 9.81. The van der Waals surface area contributed by atoms with E-state index in [1.807, 2.05) is 0 Å². The van der Waals surface area contributed by atoms with Crippen molar-refractivity contribution in [3.8, 4) is 0 Å². The topological polar surface area (TPSA) is 29.5 Å². The first-order valence-corrected chi connectivity index (χ1v) is 6.54. The van der Waals surface area contributed by atoms with Gasteiger partial charge in [0.05, 0.1) is 12.2 Å². The standard InChI is InChI=1S/C13H26O2/c1-15-13-10-8-6-4-2-3-5-7-9-12(14)11-13/h12-14H,2-11H2,1H3. The van der Waals surface area contributed by atoms with Gasteiger partial charge in [-0.2, -0.15) is 0 Å². The van der Waals surface area contributed by atoms with Crippen molar-refractivity contribution in [2.24, 2.45) is 0 Å². The highest BCUT2D eigenvalue weighted by Crippen LogP contribution is 2.18. The summed E-state index contributed by atoms with van der Waals surface area (Å²) in [6.07, 6.45) is 12.2. The second kappa shape index (κ2) is 8.12. The molecule has 0 aromatic rings. The van der Waals surface area contributed by atoms with Gasteiger partial charge in [0.2, 0.25) is 0 Å². The van der Waals surface area contributed by atoms with Gasteiger partial charge in [-0.25, -0.2) is 0 Å². The van der Waals surface area contributed by atoms with Crippen LogP contribution in [0.1, 0.15) is 64.2 Å². The van der Waals surface area contributed by atoms with Gasteiger partial charge in [0.25, 0.3) is 0 Å². The molecular formula is C13H26O2. The van der Waals surface area contributed by atoms with Gasteiger partial charge in [0.1, 0.15) is 0 Å². The lowest BCUT2D eigenvalue weighted by Gasteiger charge is -2.19. The predicted octanol–water partition coefficient (Wildman–Crippen LogP) is 3.28. The van der Waals surface area contributed by atoms with E-state index in [9.17, 15) is 5.11 Å². The third-order valence-corrected chi connectivity index (χ3v) is 3.43.